The fraction of sp³-hybridized carbons (Fsp3) is 0.407. The third-order valence-electron chi connectivity index (χ3n) is 6.62. The molecule has 0 radical (unpaired) electrons. The lowest BCUT2D eigenvalue weighted by atomic mass is 10.1. The van der Waals surface area contributed by atoms with Crippen molar-refractivity contribution in [3.63, 3.8) is 0 Å². The van der Waals surface area contributed by atoms with Crippen molar-refractivity contribution in [2.24, 2.45) is 7.05 Å². The topological polar surface area (TPSA) is 102 Å². The van der Waals surface area contributed by atoms with Crippen molar-refractivity contribution in [3.8, 4) is 11.4 Å². The van der Waals surface area contributed by atoms with E-state index >= 15 is 0 Å². The number of imidazole rings is 1. The molecule has 37 heavy (non-hydrogen) atoms. The molecule has 1 aromatic carbocycles. The number of ketones is 1. The highest BCUT2D eigenvalue weighted by atomic mass is 16.5. The number of hydrogen-bond donors (Lipinski definition) is 0. The summed E-state index contributed by atoms with van der Waals surface area (Å²) in [7, 11) is 3.88. The van der Waals surface area contributed by atoms with Crippen molar-refractivity contribution in [1.29, 1.82) is 0 Å². The van der Waals surface area contributed by atoms with Gasteiger partial charge in [0.1, 0.15) is 5.82 Å². The third kappa shape index (κ3) is 5.15. The zero-order valence-corrected chi connectivity index (χ0v) is 21.8. The zero-order chi connectivity index (χ0) is 25.9. The van der Waals surface area contributed by atoms with Crippen LogP contribution in [0.3, 0.4) is 0 Å². The van der Waals surface area contributed by atoms with E-state index in [-0.39, 0.29) is 5.78 Å². The molecule has 1 aliphatic heterocycles. The van der Waals surface area contributed by atoms with Gasteiger partial charge >= 0.3 is 0 Å². The summed E-state index contributed by atoms with van der Waals surface area (Å²) < 4.78 is 7.60. The van der Waals surface area contributed by atoms with E-state index in [4.69, 9.17) is 19.7 Å². The molecule has 0 spiro atoms. The smallest absolute Gasteiger partial charge is 0.225 e. The highest BCUT2D eigenvalue weighted by Gasteiger charge is 2.23. The van der Waals surface area contributed by atoms with E-state index in [1.165, 1.54) is 12.5 Å². The first-order valence-corrected chi connectivity index (χ1v) is 12.6. The standard InChI is InChI=1S/C27H32N8O2/c1-5-6-19-7-9-20(10-8-19)24-31-25-23(26(32-24)35-11-13-37-14-12-35)30-22(34(25)4)17-33(3)27-28-15-21(16-29-27)18(2)36/h7-10,15-16H,5-6,11-14,17H2,1-4H3. The molecule has 5 rings (SSSR count). The number of carbonyl (C=O) groups excluding carboxylic acids is 1. The molecular formula is C27H32N8O2. The van der Waals surface area contributed by atoms with Crippen molar-refractivity contribution >= 4 is 28.7 Å². The summed E-state index contributed by atoms with van der Waals surface area (Å²) in [5.41, 5.74) is 4.33. The molecule has 1 aliphatic rings. The maximum absolute atomic E-state index is 11.6. The van der Waals surface area contributed by atoms with Gasteiger partial charge in [-0.1, -0.05) is 37.6 Å². The van der Waals surface area contributed by atoms with Crippen LogP contribution in [0.4, 0.5) is 11.8 Å². The van der Waals surface area contributed by atoms with Gasteiger partial charge in [-0.25, -0.2) is 24.9 Å². The average molecular weight is 501 g/mol. The minimum Gasteiger partial charge on any atom is -0.378 e. The summed E-state index contributed by atoms with van der Waals surface area (Å²) in [5.74, 6) is 2.78. The van der Waals surface area contributed by atoms with Crippen LogP contribution in [0.5, 0.6) is 0 Å². The molecule has 0 aliphatic carbocycles. The molecule has 10 heteroatoms. The Bertz CT molecular complexity index is 1390. The summed E-state index contributed by atoms with van der Waals surface area (Å²) in [4.78, 5) is 39.3. The summed E-state index contributed by atoms with van der Waals surface area (Å²) in [6, 6.07) is 8.51. The first kappa shape index (κ1) is 24.8. The second kappa shape index (κ2) is 10.6. The first-order valence-electron chi connectivity index (χ1n) is 12.6. The lowest BCUT2D eigenvalue weighted by Crippen LogP contribution is -2.37. The Kier molecular flexibility index (Phi) is 7.09. The van der Waals surface area contributed by atoms with Crippen molar-refractivity contribution in [2.75, 3.05) is 43.2 Å². The Hall–Kier alpha value is -3.92. The van der Waals surface area contributed by atoms with Crippen LogP contribution in [0.15, 0.2) is 36.7 Å². The van der Waals surface area contributed by atoms with E-state index in [9.17, 15) is 4.79 Å². The fourth-order valence-electron chi connectivity index (χ4n) is 4.45. The third-order valence-corrected chi connectivity index (χ3v) is 6.62. The van der Waals surface area contributed by atoms with E-state index in [0.29, 0.717) is 37.1 Å². The monoisotopic (exact) mass is 500 g/mol. The van der Waals surface area contributed by atoms with Gasteiger partial charge in [0, 0.05) is 45.1 Å². The molecule has 0 amide bonds. The molecule has 10 nitrogen and oxygen atoms in total. The molecule has 0 atom stereocenters. The van der Waals surface area contributed by atoms with Crippen LogP contribution in [0, 0.1) is 0 Å². The maximum Gasteiger partial charge on any atom is 0.225 e. The molecule has 0 bridgehead atoms. The number of benzene rings is 1. The summed E-state index contributed by atoms with van der Waals surface area (Å²) in [6.07, 6.45) is 5.27. The number of aromatic nitrogens is 6. The normalized spacial score (nSPS) is 13.8. The van der Waals surface area contributed by atoms with Crippen LogP contribution >= 0.6 is 0 Å². The van der Waals surface area contributed by atoms with Crippen molar-refractivity contribution < 1.29 is 9.53 Å². The number of nitrogens with zero attached hydrogens (tertiary/aromatic N) is 8. The molecule has 0 saturated carbocycles. The van der Waals surface area contributed by atoms with Crippen LogP contribution < -0.4 is 9.80 Å². The predicted octanol–water partition coefficient (Wildman–Crippen LogP) is 3.45. The lowest BCUT2D eigenvalue weighted by Gasteiger charge is -2.28. The Morgan fingerprint density at radius 2 is 1.76 bits per heavy atom. The fourth-order valence-corrected chi connectivity index (χ4v) is 4.45. The van der Waals surface area contributed by atoms with E-state index in [1.807, 2.05) is 23.6 Å². The lowest BCUT2D eigenvalue weighted by molar-refractivity contribution is 0.101. The predicted molar refractivity (Wildman–Crippen MR) is 143 cm³/mol. The van der Waals surface area contributed by atoms with Gasteiger partial charge in [-0.2, -0.15) is 0 Å². The molecule has 4 heterocycles. The Morgan fingerprint density at radius 3 is 2.41 bits per heavy atom. The molecule has 0 N–H and O–H groups in total. The number of ether oxygens (including phenoxy) is 1. The molecule has 1 fully saturated rings. The molecule has 1 saturated heterocycles. The highest BCUT2D eigenvalue weighted by Crippen LogP contribution is 2.29. The minimum absolute atomic E-state index is 0.0606. The maximum atomic E-state index is 11.6. The summed E-state index contributed by atoms with van der Waals surface area (Å²) in [6.45, 7) is 6.97. The van der Waals surface area contributed by atoms with Gasteiger partial charge in [0.2, 0.25) is 5.95 Å². The quantitative estimate of drug-likeness (QED) is 0.337. The number of fused-ring (bicyclic) bond motifs is 1. The molecular weight excluding hydrogens is 468 g/mol. The van der Waals surface area contributed by atoms with Gasteiger partial charge in [0.25, 0.3) is 0 Å². The van der Waals surface area contributed by atoms with Gasteiger partial charge < -0.3 is 19.1 Å². The van der Waals surface area contributed by atoms with Crippen LogP contribution in [0.25, 0.3) is 22.6 Å². The Labute approximate surface area is 216 Å². The van der Waals surface area contributed by atoms with E-state index in [2.05, 4.69) is 46.1 Å². The number of Topliss-reactive ketones (excluding diaryl/α,β-unsaturated/α-hetero) is 1. The zero-order valence-electron chi connectivity index (χ0n) is 21.8. The number of hydrogen-bond acceptors (Lipinski definition) is 9. The second-order valence-corrected chi connectivity index (χ2v) is 9.36. The van der Waals surface area contributed by atoms with Gasteiger partial charge in [-0.15, -0.1) is 0 Å². The first-order chi connectivity index (χ1) is 17.9. The summed E-state index contributed by atoms with van der Waals surface area (Å²) >= 11 is 0. The van der Waals surface area contributed by atoms with E-state index < -0.39 is 0 Å². The van der Waals surface area contributed by atoms with Gasteiger partial charge in [-0.3, -0.25) is 4.79 Å². The Morgan fingerprint density at radius 1 is 1.05 bits per heavy atom. The number of aryl methyl sites for hydroxylation is 2. The summed E-state index contributed by atoms with van der Waals surface area (Å²) in [5, 5.41) is 0. The van der Waals surface area contributed by atoms with Crippen LogP contribution in [-0.4, -0.2) is 68.6 Å². The van der Waals surface area contributed by atoms with Crippen LogP contribution in [0.1, 0.15) is 42.0 Å². The SMILES string of the molecule is CCCc1ccc(-c2nc(N3CCOCC3)c3nc(CN(C)c4ncc(C(C)=O)cn4)n(C)c3n2)cc1. The molecule has 3 aromatic heterocycles. The van der Waals surface area contributed by atoms with Crippen LogP contribution in [-0.2, 0) is 24.8 Å². The molecule has 4 aromatic rings. The number of carbonyl (C=O) groups is 1. The van der Waals surface area contributed by atoms with E-state index in [0.717, 1.165) is 54.3 Å². The minimum atomic E-state index is -0.0606. The van der Waals surface area contributed by atoms with Gasteiger partial charge in [-0.05, 0) is 18.9 Å². The number of morpholine rings is 1. The Balaban J connectivity index is 1.52. The molecule has 0 unspecified atom stereocenters. The highest BCUT2D eigenvalue weighted by molar-refractivity contribution is 5.93. The largest absolute Gasteiger partial charge is 0.378 e. The molecule has 192 valence electrons. The van der Waals surface area contributed by atoms with Crippen molar-refractivity contribution in [2.45, 2.75) is 33.2 Å². The van der Waals surface area contributed by atoms with Crippen LogP contribution in [0.2, 0.25) is 0 Å². The van der Waals surface area contributed by atoms with E-state index in [1.54, 1.807) is 12.4 Å². The van der Waals surface area contributed by atoms with Crippen molar-refractivity contribution in [3.05, 3.63) is 53.6 Å². The van der Waals surface area contributed by atoms with Gasteiger partial charge in [0.05, 0.1) is 25.3 Å². The van der Waals surface area contributed by atoms with Crippen molar-refractivity contribution in [1.82, 2.24) is 29.5 Å². The number of rotatable bonds is 8. The van der Waals surface area contributed by atoms with Gasteiger partial charge in [0.15, 0.2) is 28.6 Å². The average Bonchev–Trinajstić information content (AvgIpc) is 3.24. The second-order valence-electron chi connectivity index (χ2n) is 9.36. The number of anilines is 2.